The van der Waals surface area contributed by atoms with E-state index in [1.54, 1.807) is 0 Å². The van der Waals surface area contributed by atoms with Crippen LogP contribution >= 0.6 is 0 Å². The molecule has 9 nitrogen and oxygen atoms in total. The fourth-order valence-electron chi connectivity index (χ4n) is 2.36. The topological polar surface area (TPSA) is 115 Å². The molecular formula is C17H16N4O5. The minimum Gasteiger partial charge on any atom is -0.454 e. The highest BCUT2D eigenvalue weighted by Gasteiger charge is 2.22. The molecule has 2 aromatic carbocycles. The Hall–Kier alpha value is -3.62. The fraction of sp³-hybridized carbons (Fsp3) is 0.176. The van der Waals surface area contributed by atoms with E-state index in [1.165, 1.54) is 18.3 Å². The third-order valence-electron chi connectivity index (χ3n) is 3.58. The number of nitro benzene ring substituents is 1. The second-order valence-corrected chi connectivity index (χ2v) is 5.54. The number of ether oxygens (including phenoxy) is 2. The number of nitrogens with one attached hydrogen (secondary N) is 2. The quantitative estimate of drug-likeness (QED) is 0.466. The lowest BCUT2D eigenvalue weighted by Crippen LogP contribution is -2.25. The van der Waals surface area contributed by atoms with Gasteiger partial charge in [-0.15, -0.1) is 0 Å². The second-order valence-electron chi connectivity index (χ2n) is 5.54. The molecule has 1 heterocycles. The molecule has 2 aromatic rings. The minimum atomic E-state index is -0.551. The van der Waals surface area contributed by atoms with Crippen molar-refractivity contribution in [3.05, 3.63) is 57.6 Å². The smallest absolute Gasteiger partial charge is 0.282 e. The van der Waals surface area contributed by atoms with Gasteiger partial charge in [0.25, 0.3) is 11.6 Å². The van der Waals surface area contributed by atoms with Gasteiger partial charge in [-0.25, -0.2) is 5.43 Å². The Balaban J connectivity index is 1.61. The van der Waals surface area contributed by atoms with Crippen molar-refractivity contribution in [1.29, 1.82) is 0 Å². The molecule has 1 aliphatic rings. The number of carbonyl (C=O) groups is 1. The van der Waals surface area contributed by atoms with Gasteiger partial charge in [0, 0.05) is 5.69 Å². The largest absolute Gasteiger partial charge is 0.454 e. The van der Waals surface area contributed by atoms with E-state index in [0.29, 0.717) is 11.5 Å². The highest BCUT2D eigenvalue weighted by Crippen LogP contribution is 2.37. The number of nitro groups is 1. The SMILES string of the molecule is Cc1cccc(NCC(=O)N/N=C/c2cc3c(cc2[N+](=O)[O-])OCO3)c1. The van der Waals surface area contributed by atoms with E-state index in [4.69, 9.17) is 9.47 Å². The second kappa shape index (κ2) is 7.51. The molecule has 134 valence electrons. The zero-order valence-corrected chi connectivity index (χ0v) is 13.9. The van der Waals surface area contributed by atoms with Crippen molar-refractivity contribution in [2.45, 2.75) is 6.92 Å². The molecule has 3 rings (SSSR count). The molecule has 1 aliphatic heterocycles. The number of hydrogen-bond acceptors (Lipinski definition) is 7. The monoisotopic (exact) mass is 356 g/mol. The van der Waals surface area contributed by atoms with Crippen LogP contribution in [-0.4, -0.2) is 30.4 Å². The van der Waals surface area contributed by atoms with Crippen LogP contribution in [0, 0.1) is 17.0 Å². The Morgan fingerprint density at radius 2 is 2.08 bits per heavy atom. The number of amides is 1. The van der Waals surface area contributed by atoms with E-state index in [-0.39, 0.29) is 30.5 Å². The van der Waals surface area contributed by atoms with Crippen LogP contribution in [0.3, 0.4) is 0 Å². The summed E-state index contributed by atoms with van der Waals surface area (Å²) in [5.41, 5.74) is 4.22. The number of hydrogen-bond donors (Lipinski definition) is 2. The molecule has 26 heavy (non-hydrogen) atoms. The predicted molar refractivity (Wildman–Crippen MR) is 94.6 cm³/mol. The standard InChI is InChI=1S/C17H16N4O5/c1-11-3-2-4-13(5-11)18-9-17(22)20-19-8-12-6-15-16(26-10-25-15)7-14(12)21(23)24/h2-8,18H,9-10H2,1H3,(H,20,22)/b19-8+. The maximum atomic E-state index is 11.8. The maximum Gasteiger partial charge on any atom is 0.282 e. The van der Waals surface area contributed by atoms with E-state index in [2.05, 4.69) is 15.8 Å². The summed E-state index contributed by atoms with van der Waals surface area (Å²) in [6.45, 7) is 1.98. The molecule has 0 saturated carbocycles. The Morgan fingerprint density at radius 1 is 1.31 bits per heavy atom. The molecule has 0 bridgehead atoms. The van der Waals surface area contributed by atoms with Gasteiger partial charge in [0.05, 0.1) is 29.3 Å². The van der Waals surface area contributed by atoms with Crippen LogP contribution in [0.15, 0.2) is 41.5 Å². The van der Waals surface area contributed by atoms with Crippen molar-refractivity contribution in [2.24, 2.45) is 5.10 Å². The van der Waals surface area contributed by atoms with E-state index in [1.807, 2.05) is 31.2 Å². The lowest BCUT2D eigenvalue weighted by molar-refractivity contribution is -0.385. The molecule has 1 amide bonds. The summed E-state index contributed by atoms with van der Waals surface area (Å²) in [6, 6.07) is 10.3. The molecule has 0 atom stereocenters. The Bertz CT molecular complexity index is 881. The van der Waals surface area contributed by atoms with Gasteiger partial charge in [-0.2, -0.15) is 5.10 Å². The predicted octanol–water partition coefficient (Wildman–Crippen LogP) is 2.19. The number of hydrazone groups is 1. The summed E-state index contributed by atoms with van der Waals surface area (Å²) in [6.07, 6.45) is 1.20. The summed E-state index contributed by atoms with van der Waals surface area (Å²) in [5.74, 6) is 0.316. The third kappa shape index (κ3) is 4.07. The Kier molecular flexibility index (Phi) is 4.97. The van der Waals surface area contributed by atoms with Gasteiger partial charge < -0.3 is 14.8 Å². The minimum absolute atomic E-state index is 0.00838. The number of fused-ring (bicyclic) bond motifs is 1. The highest BCUT2D eigenvalue weighted by atomic mass is 16.7. The van der Waals surface area contributed by atoms with Crippen LogP contribution in [-0.2, 0) is 4.79 Å². The molecule has 0 radical (unpaired) electrons. The normalized spacial score (nSPS) is 12.2. The lowest BCUT2D eigenvalue weighted by atomic mass is 10.1. The van der Waals surface area contributed by atoms with Crippen molar-refractivity contribution < 1.29 is 19.2 Å². The number of benzene rings is 2. The van der Waals surface area contributed by atoms with Crippen LogP contribution in [0.4, 0.5) is 11.4 Å². The van der Waals surface area contributed by atoms with Gasteiger partial charge in [-0.3, -0.25) is 14.9 Å². The molecule has 2 N–H and O–H groups in total. The first-order valence-corrected chi connectivity index (χ1v) is 7.73. The van der Waals surface area contributed by atoms with Gasteiger partial charge in [0.2, 0.25) is 6.79 Å². The summed E-state index contributed by atoms with van der Waals surface area (Å²) < 4.78 is 10.3. The van der Waals surface area contributed by atoms with Gasteiger partial charge in [0.15, 0.2) is 11.5 Å². The third-order valence-corrected chi connectivity index (χ3v) is 3.58. The molecule has 0 saturated heterocycles. The molecule has 0 spiro atoms. The lowest BCUT2D eigenvalue weighted by Gasteiger charge is -2.06. The molecule has 0 aromatic heterocycles. The summed E-state index contributed by atoms with van der Waals surface area (Å²) in [5, 5.41) is 17.9. The van der Waals surface area contributed by atoms with Crippen LogP contribution in [0.5, 0.6) is 11.5 Å². The summed E-state index contributed by atoms with van der Waals surface area (Å²) in [4.78, 5) is 22.4. The number of anilines is 1. The Labute approximate surface area is 148 Å². The number of aryl methyl sites for hydroxylation is 1. The molecule has 0 fully saturated rings. The van der Waals surface area contributed by atoms with Crippen LogP contribution in [0.2, 0.25) is 0 Å². The van der Waals surface area contributed by atoms with Crippen molar-refractivity contribution >= 4 is 23.5 Å². The summed E-state index contributed by atoms with van der Waals surface area (Å²) in [7, 11) is 0. The maximum absolute atomic E-state index is 11.8. The van der Waals surface area contributed by atoms with Crippen LogP contribution < -0.4 is 20.2 Å². The first-order valence-electron chi connectivity index (χ1n) is 7.73. The Morgan fingerprint density at radius 3 is 2.81 bits per heavy atom. The molecule has 9 heteroatoms. The van der Waals surface area contributed by atoms with Crippen LogP contribution in [0.25, 0.3) is 0 Å². The average molecular weight is 356 g/mol. The van der Waals surface area contributed by atoms with E-state index < -0.39 is 4.92 Å². The first-order chi connectivity index (χ1) is 12.5. The van der Waals surface area contributed by atoms with Gasteiger partial charge >= 0.3 is 0 Å². The van der Waals surface area contributed by atoms with Gasteiger partial charge in [0.1, 0.15) is 0 Å². The zero-order valence-electron chi connectivity index (χ0n) is 13.9. The number of carbonyl (C=O) groups excluding carboxylic acids is 1. The van der Waals surface area contributed by atoms with E-state index in [0.717, 1.165) is 11.3 Å². The highest BCUT2D eigenvalue weighted by molar-refractivity contribution is 5.88. The van der Waals surface area contributed by atoms with Crippen LogP contribution in [0.1, 0.15) is 11.1 Å². The van der Waals surface area contributed by atoms with E-state index in [9.17, 15) is 14.9 Å². The van der Waals surface area contributed by atoms with Crippen molar-refractivity contribution in [3.8, 4) is 11.5 Å². The number of nitrogens with zero attached hydrogens (tertiary/aromatic N) is 2. The van der Waals surface area contributed by atoms with Gasteiger partial charge in [-0.05, 0) is 30.7 Å². The molecule has 0 unspecified atom stereocenters. The zero-order chi connectivity index (χ0) is 18.5. The fourth-order valence-corrected chi connectivity index (χ4v) is 2.36. The number of rotatable bonds is 6. The average Bonchev–Trinajstić information content (AvgIpc) is 3.06. The first kappa shape index (κ1) is 17.2. The van der Waals surface area contributed by atoms with Gasteiger partial charge in [-0.1, -0.05) is 12.1 Å². The molecular weight excluding hydrogens is 340 g/mol. The van der Waals surface area contributed by atoms with Crippen molar-refractivity contribution in [1.82, 2.24) is 5.43 Å². The van der Waals surface area contributed by atoms with Crippen molar-refractivity contribution in [3.63, 3.8) is 0 Å². The molecule has 0 aliphatic carbocycles. The summed E-state index contributed by atoms with van der Waals surface area (Å²) >= 11 is 0. The van der Waals surface area contributed by atoms with E-state index >= 15 is 0 Å². The van der Waals surface area contributed by atoms with Crippen molar-refractivity contribution in [2.75, 3.05) is 18.7 Å².